The molecule has 0 amide bonds. The lowest BCUT2D eigenvalue weighted by atomic mass is 10.1. The lowest BCUT2D eigenvalue weighted by Crippen LogP contribution is -2.35. The fourth-order valence-corrected chi connectivity index (χ4v) is 2.09. The summed E-state index contributed by atoms with van der Waals surface area (Å²) in [4.78, 5) is 48.6. The predicted octanol–water partition coefficient (Wildman–Crippen LogP) is -0.270. The van der Waals surface area contributed by atoms with E-state index in [0.717, 1.165) is 6.07 Å². The quantitative estimate of drug-likeness (QED) is 0.323. The van der Waals surface area contributed by atoms with Gasteiger partial charge in [-0.05, 0) is 18.9 Å². The Morgan fingerprint density at radius 1 is 1.35 bits per heavy atom. The first kappa shape index (κ1) is 16.4. The smallest absolute Gasteiger partial charge is 0.320 e. The van der Waals surface area contributed by atoms with E-state index in [-0.39, 0.29) is 29.7 Å². The SMILES string of the molecule is CC(NCCc1cc([N+](=O)[O-])cc2[nH]c(=O)c(=O)[nH]c12)C(=O)O. The average Bonchev–Trinajstić information content (AvgIpc) is 2.48. The van der Waals surface area contributed by atoms with Crippen molar-refractivity contribution in [3.63, 3.8) is 0 Å². The van der Waals surface area contributed by atoms with Crippen molar-refractivity contribution in [2.45, 2.75) is 19.4 Å². The lowest BCUT2D eigenvalue weighted by molar-refractivity contribution is -0.384. The van der Waals surface area contributed by atoms with Crippen LogP contribution in [-0.4, -0.2) is 38.6 Å². The fourth-order valence-electron chi connectivity index (χ4n) is 2.09. The van der Waals surface area contributed by atoms with Crippen molar-refractivity contribution >= 4 is 22.7 Å². The molecule has 10 nitrogen and oxygen atoms in total. The summed E-state index contributed by atoms with van der Waals surface area (Å²) in [5.41, 5.74) is -1.15. The monoisotopic (exact) mass is 322 g/mol. The molecule has 0 fully saturated rings. The van der Waals surface area contributed by atoms with Crippen molar-refractivity contribution in [3.8, 4) is 0 Å². The van der Waals surface area contributed by atoms with E-state index in [0.29, 0.717) is 5.56 Å². The number of H-pyrrole nitrogens is 2. The van der Waals surface area contributed by atoms with Gasteiger partial charge in [0.15, 0.2) is 0 Å². The third kappa shape index (κ3) is 3.61. The van der Waals surface area contributed by atoms with E-state index in [2.05, 4.69) is 15.3 Å². The Labute approximate surface area is 128 Å². The van der Waals surface area contributed by atoms with Crippen LogP contribution in [0.2, 0.25) is 0 Å². The Balaban J connectivity index is 2.41. The first-order valence-electron chi connectivity index (χ1n) is 6.69. The summed E-state index contributed by atoms with van der Waals surface area (Å²) in [7, 11) is 0. The number of aromatic amines is 2. The maximum absolute atomic E-state index is 11.4. The third-order valence-electron chi connectivity index (χ3n) is 3.32. The lowest BCUT2D eigenvalue weighted by Gasteiger charge is -2.10. The molecule has 1 unspecified atom stereocenters. The zero-order valence-corrected chi connectivity index (χ0v) is 12.1. The van der Waals surface area contributed by atoms with Crippen LogP contribution in [0.3, 0.4) is 0 Å². The molecule has 0 spiro atoms. The Bertz CT molecular complexity index is 884. The summed E-state index contributed by atoms with van der Waals surface area (Å²) < 4.78 is 0. The van der Waals surface area contributed by atoms with E-state index in [9.17, 15) is 24.5 Å². The molecular weight excluding hydrogens is 308 g/mol. The maximum atomic E-state index is 11.4. The molecule has 0 saturated carbocycles. The minimum atomic E-state index is -1.02. The number of non-ortho nitro benzene ring substituents is 1. The van der Waals surface area contributed by atoms with Gasteiger partial charge in [-0.15, -0.1) is 0 Å². The maximum Gasteiger partial charge on any atom is 0.320 e. The number of carbonyl (C=O) groups is 1. The molecule has 0 radical (unpaired) electrons. The predicted molar refractivity (Wildman–Crippen MR) is 80.6 cm³/mol. The van der Waals surface area contributed by atoms with Gasteiger partial charge in [-0.25, -0.2) is 0 Å². The summed E-state index contributed by atoms with van der Waals surface area (Å²) >= 11 is 0. The number of benzene rings is 1. The number of carboxylic acids is 1. The van der Waals surface area contributed by atoms with Gasteiger partial charge in [0.1, 0.15) is 6.04 Å². The van der Waals surface area contributed by atoms with Gasteiger partial charge >= 0.3 is 17.1 Å². The van der Waals surface area contributed by atoms with Gasteiger partial charge in [-0.2, -0.15) is 0 Å². The zero-order chi connectivity index (χ0) is 17.1. The number of fused-ring (bicyclic) bond motifs is 1. The number of aromatic nitrogens is 2. The van der Waals surface area contributed by atoms with Crippen LogP contribution < -0.4 is 16.4 Å². The summed E-state index contributed by atoms with van der Waals surface area (Å²) in [5, 5.41) is 22.5. The minimum absolute atomic E-state index is 0.144. The summed E-state index contributed by atoms with van der Waals surface area (Å²) in [6, 6.07) is 1.66. The molecule has 2 aromatic rings. The molecule has 4 N–H and O–H groups in total. The van der Waals surface area contributed by atoms with Crippen molar-refractivity contribution in [1.82, 2.24) is 15.3 Å². The second kappa shape index (κ2) is 6.40. The fraction of sp³-hybridized carbons (Fsp3) is 0.308. The highest BCUT2D eigenvalue weighted by Gasteiger charge is 2.15. The van der Waals surface area contributed by atoms with Gasteiger partial charge in [-0.3, -0.25) is 24.5 Å². The van der Waals surface area contributed by atoms with Crippen molar-refractivity contribution in [2.24, 2.45) is 0 Å². The Morgan fingerprint density at radius 3 is 2.61 bits per heavy atom. The molecule has 1 aromatic carbocycles. The molecule has 10 heteroatoms. The first-order chi connectivity index (χ1) is 10.8. The second-order valence-corrected chi connectivity index (χ2v) is 4.96. The largest absolute Gasteiger partial charge is 0.480 e. The highest BCUT2D eigenvalue weighted by atomic mass is 16.6. The number of nitrogens with zero attached hydrogens (tertiary/aromatic N) is 1. The van der Waals surface area contributed by atoms with Gasteiger partial charge in [-0.1, -0.05) is 0 Å². The van der Waals surface area contributed by atoms with Crippen LogP contribution in [0.25, 0.3) is 11.0 Å². The van der Waals surface area contributed by atoms with Crippen molar-refractivity contribution in [1.29, 1.82) is 0 Å². The molecule has 23 heavy (non-hydrogen) atoms. The molecule has 1 heterocycles. The zero-order valence-electron chi connectivity index (χ0n) is 12.1. The van der Waals surface area contributed by atoms with E-state index in [1.165, 1.54) is 13.0 Å². The number of nitro benzene ring substituents is 1. The summed E-state index contributed by atoms with van der Waals surface area (Å²) in [5.74, 6) is -1.02. The number of aliphatic carboxylic acids is 1. The highest BCUT2D eigenvalue weighted by molar-refractivity contribution is 5.80. The Kier molecular flexibility index (Phi) is 4.55. The first-order valence-corrected chi connectivity index (χ1v) is 6.69. The number of carboxylic acid groups (broad SMARTS) is 1. The van der Waals surface area contributed by atoms with Gasteiger partial charge in [0, 0.05) is 18.7 Å². The average molecular weight is 322 g/mol. The summed E-state index contributed by atoms with van der Waals surface area (Å²) in [6.45, 7) is 1.69. The van der Waals surface area contributed by atoms with E-state index in [1.807, 2.05) is 0 Å². The van der Waals surface area contributed by atoms with Crippen molar-refractivity contribution in [3.05, 3.63) is 48.5 Å². The molecule has 0 aliphatic rings. The van der Waals surface area contributed by atoms with Crippen LogP contribution in [-0.2, 0) is 11.2 Å². The topological polar surface area (TPSA) is 158 Å². The van der Waals surface area contributed by atoms with Gasteiger partial charge < -0.3 is 20.4 Å². The Morgan fingerprint density at radius 2 is 2.00 bits per heavy atom. The van der Waals surface area contributed by atoms with Gasteiger partial charge in [0.2, 0.25) is 0 Å². The van der Waals surface area contributed by atoms with E-state index in [1.54, 1.807) is 0 Å². The number of nitro groups is 1. The van der Waals surface area contributed by atoms with Crippen LogP contribution in [0, 0.1) is 10.1 Å². The second-order valence-electron chi connectivity index (χ2n) is 4.96. The molecule has 0 bridgehead atoms. The van der Waals surface area contributed by atoms with Crippen LogP contribution in [0.15, 0.2) is 21.7 Å². The molecular formula is C13H14N4O6. The Hall–Kier alpha value is -3.01. The van der Waals surface area contributed by atoms with Gasteiger partial charge in [0.05, 0.1) is 16.0 Å². The third-order valence-corrected chi connectivity index (χ3v) is 3.32. The van der Waals surface area contributed by atoms with E-state index >= 15 is 0 Å². The number of hydrogen-bond acceptors (Lipinski definition) is 6. The van der Waals surface area contributed by atoms with Crippen LogP contribution in [0.4, 0.5) is 5.69 Å². The number of hydrogen-bond donors (Lipinski definition) is 4. The van der Waals surface area contributed by atoms with Crippen molar-refractivity contribution in [2.75, 3.05) is 6.54 Å². The standard InChI is InChI=1S/C13H14N4O6/c1-6(13(20)21)14-3-2-7-4-8(17(22)23)5-9-10(7)16-12(19)11(18)15-9/h4-6,14H,2-3H2,1H3,(H,15,18)(H,16,19)(H,20,21). The molecule has 2 rings (SSSR count). The molecule has 122 valence electrons. The van der Waals surface area contributed by atoms with E-state index < -0.39 is 28.1 Å². The normalized spacial score (nSPS) is 12.2. The molecule has 0 aliphatic heterocycles. The van der Waals surface area contributed by atoms with Crippen LogP contribution in [0.5, 0.6) is 0 Å². The molecule has 0 aliphatic carbocycles. The van der Waals surface area contributed by atoms with Crippen LogP contribution in [0.1, 0.15) is 12.5 Å². The summed E-state index contributed by atoms with van der Waals surface area (Å²) in [6.07, 6.45) is 0.234. The highest BCUT2D eigenvalue weighted by Crippen LogP contribution is 2.21. The van der Waals surface area contributed by atoms with E-state index in [4.69, 9.17) is 5.11 Å². The number of rotatable bonds is 6. The minimum Gasteiger partial charge on any atom is -0.480 e. The molecule has 1 aromatic heterocycles. The van der Waals surface area contributed by atoms with Crippen molar-refractivity contribution < 1.29 is 14.8 Å². The number of nitrogens with one attached hydrogen (secondary N) is 3. The van der Waals surface area contributed by atoms with Crippen LogP contribution >= 0.6 is 0 Å². The molecule has 0 saturated heterocycles. The molecule has 1 atom stereocenters. The van der Waals surface area contributed by atoms with Gasteiger partial charge in [0.25, 0.3) is 5.69 Å².